The Morgan fingerprint density at radius 2 is 2.15 bits per heavy atom. The zero-order chi connectivity index (χ0) is 9.26. The molecule has 0 bridgehead atoms. The van der Waals surface area contributed by atoms with E-state index in [1.165, 1.54) is 0 Å². The van der Waals surface area contributed by atoms with Gasteiger partial charge in [0.15, 0.2) is 0 Å². The highest BCUT2D eigenvalue weighted by molar-refractivity contribution is 5.45. The Balaban J connectivity index is 2.53. The summed E-state index contributed by atoms with van der Waals surface area (Å²) in [5.74, 6) is 0. The van der Waals surface area contributed by atoms with Crippen molar-refractivity contribution in [2.75, 3.05) is 20.4 Å². The first-order valence-corrected chi connectivity index (χ1v) is 4.02. The highest BCUT2D eigenvalue weighted by Crippen LogP contribution is 2.22. The number of rotatable bonds is 0. The number of fused-ring (bicyclic) bond motifs is 1. The summed E-state index contributed by atoms with van der Waals surface area (Å²) >= 11 is 0. The van der Waals surface area contributed by atoms with Crippen LogP contribution in [-0.2, 0) is 4.74 Å². The molecular formula is C11H9NO. The Hall–Kier alpha value is -1.64. The van der Waals surface area contributed by atoms with E-state index in [0.29, 0.717) is 13.3 Å². The Morgan fingerprint density at radius 1 is 1.38 bits per heavy atom. The molecule has 2 aliphatic rings. The van der Waals surface area contributed by atoms with Gasteiger partial charge in [-0.3, -0.25) is 0 Å². The van der Waals surface area contributed by atoms with Gasteiger partial charge in [-0.15, -0.1) is 0 Å². The molecule has 2 heteroatoms. The van der Waals surface area contributed by atoms with Gasteiger partial charge >= 0.3 is 0 Å². The zero-order valence-electron chi connectivity index (χ0n) is 7.48. The lowest BCUT2D eigenvalue weighted by molar-refractivity contribution is 0.0861. The molecule has 0 aromatic carbocycles. The molecule has 0 saturated carbocycles. The summed E-state index contributed by atoms with van der Waals surface area (Å²) < 4.78 is 5.38. The van der Waals surface area contributed by atoms with Crippen LogP contribution in [0.5, 0.6) is 0 Å². The molecule has 2 nitrogen and oxygen atoms in total. The van der Waals surface area contributed by atoms with Crippen molar-refractivity contribution >= 4 is 0 Å². The Morgan fingerprint density at radius 3 is 3.00 bits per heavy atom. The molecule has 0 unspecified atom stereocenters. The van der Waals surface area contributed by atoms with E-state index in [1.54, 1.807) is 0 Å². The standard InChI is InChI=1S/C11H9NO/c1-9-11-6-4-3-5-10(11)7-13-8-12(9)2/h1,7-8H2,2H3. The highest BCUT2D eigenvalue weighted by atomic mass is 16.5. The fraction of sp³-hybridized carbons (Fsp3) is 0.273. The molecule has 0 aromatic rings. The monoisotopic (exact) mass is 171 g/mol. The first-order chi connectivity index (χ1) is 6.29. The maximum atomic E-state index is 5.38. The van der Waals surface area contributed by atoms with Gasteiger partial charge in [0.05, 0.1) is 12.2 Å². The summed E-state index contributed by atoms with van der Waals surface area (Å²) in [6.07, 6.45) is 0. The zero-order valence-corrected chi connectivity index (χ0v) is 7.48. The van der Waals surface area contributed by atoms with Crippen LogP contribution in [0.1, 0.15) is 0 Å². The topological polar surface area (TPSA) is 12.5 Å². The lowest BCUT2D eigenvalue weighted by atomic mass is 10.1. The molecule has 1 aliphatic heterocycles. The minimum Gasteiger partial charge on any atom is -0.356 e. The molecule has 0 spiro atoms. The first-order valence-electron chi connectivity index (χ1n) is 4.02. The van der Waals surface area contributed by atoms with Crippen LogP contribution in [0, 0.1) is 0 Å². The number of allylic oxidation sites excluding steroid dienone is 1. The average Bonchev–Trinajstić information content (AvgIpc) is 2.29. The molecule has 1 fully saturated rings. The van der Waals surface area contributed by atoms with Crippen molar-refractivity contribution in [3.63, 3.8) is 0 Å². The van der Waals surface area contributed by atoms with E-state index in [0.717, 1.165) is 16.8 Å². The maximum absolute atomic E-state index is 5.38. The lowest BCUT2D eigenvalue weighted by Gasteiger charge is -2.17. The molecule has 2 rings (SSSR count). The van der Waals surface area contributed by atoms with Crippen molar-refractivity contribution in [3.05, 3.63) is 46.3 Å². The average molecular weight is 171 g/mol. The predicted molar refractivity (Wildman–Crippen MR) is 48.8 cm³/mol. The van der Waals surface area contributed by atoms with Crippen molar-refractivity contribution in [1.29, 1.82) is 0 Å². The number of ether oxygens (including phenoxy) is 1. The maximum Gasteiger partial charge on any atom is 0.119 e. The second-order valence-electron chi connectivity index (χ2n) is 2.98. The van der Waals surface area contributed by atoms with Gasteiger partial charge in [-0.1, -0.05) is 12.3 Å². The van der Waals surface area contributed by atoms with Gasteiger partial charge in [0.1, 0.15) is 6.73 Å². The third-order valence-corrected chi connectivity index (χ3v) is 2.05. The van der Waals surface area contributed by atoms with Crippen LogP contribution in [-0.4, -0.2) is 25.3 Å². The van der Waals surface area contributed by atoms with E-state index in [2.05, 4.69) is 29.5 Å². The van der Waals surface area contributed by atoms with E-state index >= 15 is 0 Å². The van der Waals surface area contributed by atoms with E-state index in [4.69, 9.17) is 4.74 Å². The summed E-state index contributed by atoms with van der Waals surface area (Å²) in [7, 11) is 1.93. The molecule has 0 radical (unpaired) electrons. The van der Waals surface area contributed by atoms with Crippen LogP contribution < -0.4 is 0 Å². The van der Waals surface area contributed by atoms with Gasteiger partial charge in [0.25, 0.3) is 0 Å². The van der Waals surface area contributed by atoms with Gasteiger partial charge in [-0.25, -0.2) is 0 Å². The molecule has 0 atom stereocenters. The van der Waals surface area contributed by atoms with Gasteiger partial charge in [-0.05, 0) is 17.2 Å². The summed E-state index contributed by atoms with van der Waals surface area (Å²) in [6, 6.07) is 0. The Kier molecular flexibility index (Phi) is 1.85. The quantitative estimate of drug-likeness (QED) is 0.510. The minimum absolute atomic E-state index is 0.542. The lowest BCUT2D eigenvalue weighted by Crippen LogP contribution is -2.18. The van der Waals surface area contributed by atoms with Crippen LogP contribution in [0.15, 0.2) is 46.3 Å². The van der Waals surface area contributed by atoms with Crippen molar-refractivity contribution in [3.8, 4) is 0 Å². The normalized spacial score (nSPS) is 19.5. The Bertz CT molecular complexity index is 433. The van der Waals surface area contributed by atoms with E-state index in [1.807, 2.05) is 11.9 Å². The molecule has 13 heavy (non-hydrogen) atoms. The molecule has 64 valence electrons. The summed E-state index contributed by atoms with van der Waals surface area (Å²) in [5.41, 5.74) is 14.2. The van der Waals surface area contributed by atoms with Crippen LogP contribution in [0.4, 0.5) is 0 Å². The van der Waals surface area contributed by atoms with Gasteiger partial charge < -0.3 is 9.64 Å². The van der Waals surface area contributed by atoms with Crippen molar-refractivity contribution in [2.45, 2.75) is 0 Å². The molecule has 1 heterocycles. The number of likely N-dealkylation sites (N-methyl/N-ethyl adjacent to an activating group) is 1. The third kappa shape index (κ3) is 1.33. The fourth-order valence-corrected chi connectivity index (χ4v) is 1.25. The smallest absolute Gasteiger partial charge is 0.119 e. The van der Waals surface area contributed by atoms with Crippen LogP contribution in [0.3, 0.4) is 0 Å². The molecule has 0 amide bonds. The largest absolute Gasteiger partial charge is 0.356 e. The molecule has 1 saturated heterocycles. The molecule has 1 aliphatic carbocycles. The van der Waals surface area contributed by atoms with Crippen LogP contribution in [0.25, 0.3) is 0 Å². The van der Waals surface area contributed by atoms with Gasteiger partial charge in [-0.2, -0.15) is 0 Å². The number of hydrogen-bond donors (Lipinski definition) is 0. The molecular weight excluding hydrogens is 162 g/mol. The first kappa shape index (κ1) is 7.98. The van der Waals surface area contributed by atoms with E-state index in [9.17, 15) is 0 Å². The van der Waals surface area contributed by atoms with Gasteiger partial charge in [0, 0.05) is 18.3 Å². The van der Waals surface area contributed by atoms with E-state index < -0.39 is 0 Å². The summed E-state index contributed by atoms with van der Waals surface area (Å²) in [4.78, 5) is 1.93. The van der Waals surface area contributed by atoms with Gasteiger partial charge in [0.2, 0.25) is 0 Å². The van der Waals surface area contributed by atoms with Crippen molar-refractivity contribution in [2.24, 2.45) is 0 Å². The minimum atomic E-state index is 0.542. The third-order valence-electron chi connectivity index (χ3n) is 2.05. The molecule has 0 aromatic heterocycles. The predicted octanol–water partition coefficient (Wildman–Crippen LogP) is 1.35. The number of hydrogen-bond acceptors (Lipinski definition) is 2. The van der Waals surface area contributed by atoms with Crippen LogP contribution >= 0.6 is 0 Å². The van der Waals surface area contributed by atoms with E-state index in [-0.39, 0.29) is 0 Å². The summed E-state index contributed by atoms with van der Waals surface area (Å²) in [6.45, 7) is 5.05. The van der Waals surface area contributed by atoms with Crippen molar-refractivity contribution in [1.82, 2.24) is 4.90 Å². The van der Waals surface area contributed by atoms with Crippen molar-refractivity contribution < 1.29 is 4.74 Å². The summed E-state index contributed by atoms with van der Waals surface area (Å²) in [5, 5.41) is 0. The van der Waals surface area contributed by atoms with Crippen LogP contribution in [0.2, 0.25) is 0 Å². The second-order valence-corrected chi connectivity index (χ2v) is 2.98. The Labute approximate surface area is 77.1 Å². The highest BCUT2D eigenvalue weighted by Gasteiger charge is 2.17. The fourth-order valence-electron chi connectivity index (χ4n) is 1.25. The second kappa shape index (κ2) is 3.01. The molecule has 0 N–H and O–H groups in total. The SMILES string of the molecule is C=C1C2=C=C=C=C=C2COCN1C. The number of nitrogens with zero attached hydrogens (tertiary/aromatic N) is 1.